The van der Waals surface area contributed by atoms with Crippen LogP contribution in [0.2, 0.25) is 0 Å². The number of rotatable bonds is 16. The summed E-state index contributed by atoms with van der Waals surface area (Å²) in [7, 11) is 0. The van der Waals surface area contributed by atoms with Crippen LogP contribution in [0.25, 0.3) is 0 Å². The molecule has 2 aromatic carbocycles. The Kier molecular flexibility index (Phi) is 17.9. The van der Waals surface area contributed by atoms with Crippen molar-refractivity contribution in [1.82, 2.24) is 0 Å². The average molecular weight is 550 g/mol. The monoisotopic (exact) mass is 550 g/mol. The van der Waals surface area contributed by atoms with E-state index in [2.05, 4.69) is 62.4 Å². The SMILES string of the molecule is CCCCCCCCc1cccc(Sc2cccc(CCCCCCCC)c2)c1.[BaH2]. The van der Waals surface area contributed by atoms with Crippen LogP contribution in [0.15, 0.2) is 58.3 Å². The summed E-state index contributed by atoms with van der Waals surface area (Å²) in [4.78, 5) is 2.76. The first-order valence-corrected chi connectivity index (χ1v) is 13.0. The molecule has 0 saturated carbocycles. The van der Waals surface area contributed by atoms with Crippen molar-refractivity contribution in [2.45, 2.75) is 114 Å². The van der Waals surface area contributed by atoms with Crippen molar-refractivity contribution in [3.63, 3.8) is 0 Å². The first-order chi connectivity index (χ1) is 14.3. The number of unbranched alkanes of at least 4 members (excludes halogenated alkanes) is 10. The summed E-state index contributed by atoms with van der Waals surface area (Å²) < 4.78 is 0. The van der Waals surface area contributed by atoms with E-state index >= 15 is 0 Å². The Morgan fingerprint density at radius 1 is 0.533 bits per heavy atom. The van der Waals surface area contributed by atoms with Gasteiger partial charge < -0.3 is 0 Å². The van der Waals surface area contributed by atoms with Crippen molar-refractivity contribution >= 4 is 60.6 Å². The third-order valence-electron chi connectivity index (χ3n) is 5.67. The molecular weight excluding hydrogens is 506 g/mol. The van der Waals surface area contributed by atoms with Gasteiger partial charge in [-0.2, -0.15) is 0 Å². The zero-order valence-electron chi connectivity index (χ0n) is 18.9. The van der Waals surface area contributed by atoms with E-state index in [1.165, 1.54) is 111 Å². The predicted octanol–water partition coefficient (Wildman–Crippen LogP) is 8.73. The molecule has 0 amide bonds. The van der Waals surface area contributed by atoms with E-state index in [-0.39, 0.29) is 48.9 Å². The Hall–Kier alpha value is 0.361. The Balaban J connectivity index is 0.00000450. The number of benzene rings is 2. The van der Waals surface area contributed by atoms with Gasteiger partial charge >= 0.3 is 48.9 Å². The minimum atomic E-state index is 0. The normalized spacial score (nSPS) is 10.7. The summed E-state index contributed by atoms with van der Waals surface area (Å²) in [6, 6.07) is 18.4. The topological polar surface area (TPSA) is 0 Å². The van der Waals surface area contributed by atoms with Gasteiger partial charge in [0.25, 0.3) is 0 Å². The van der Waals surface area contributed by atoms with E-state index in [4.69, 9.17) is 0 Å². The fraction of sp³-hybridized carbons (Fsp3) is 0.571. The zero-order chi connectivity index (χ0) is 20.6. The zero-order valence-corrected chi connectivity index (χ0v) is 19.7. The van der Waals surface area contributed by atoms with Crippen molar-refractivity contribution < 1.29 is 0 Å². The summed E-state index contributed by atoms with van der Waals surface area (Å²) in [6.07, 6.45) is 18.9. The third-order valence-corrected chi connectivity index (χ3v) is 6.65. The van der Waals surface area contributed by atoms with Gasteiger partial charge in [0, 0.05) is 9.79 Å². The summed E-state index contributed by atoms with van der Waals surface area (Å²) in [6.45, 7) is 4.57. The molecule has 0 saturated heterocycles. The maximum absolute atomic E-state index is 2.40. The number of aryl methyl sites for hydroxylation is 2. The maximum atomic E-state index is 2.40. The summed E-state index contributed by atoms with van der Waals surface area (Å²) in [5.74, 6) is 0. The van der Waals surface area contributed by atoms with Crippen LogP contribution in [0.3, 0.4) is 0 Å². The van der Waals surface area contributed by atoms with Gasteiger partial charge in [0.2, 0.25) is 0 Å². The Bertz CT molecular complexity index is 610. The van der Waals surface area contributed by atoms with Crippen molar-refractivity contribution in [1.29, 1.82) is 0 Å². The first-order valence-electron chi connectivity index (χ1n) is 12.2. The molecule has 0 aliphatic heterocycles. The number of hydrogen-bond donors (Lipinski definition) is 0. The van der Waals surface area contributed by atoms with Crippen molar-refractivity contribution in [2.24, 2.45) is 0 Å². The molecule has 30 heavy (non-hydrogen) atoms. The van der Waals surface area contributed by atoms with Gasteiger partial charge in [-0.1, -0.05) is 114 Å². The summed E-state index contributed by atoms with van der Waals surface area (Å²) >= 11 is 1.92. The molecule has 2 rings (SSSR count). The van der Waals surface area contributed by atoms with Crippen LogP contribution >= 0.6 is 11.8 Å². The van der Waals surface area contributed by atoms with Gasteiger partial charge in [0.1, 0.15) is 0 Å². The van der Waals surface area contributed by atoms with Gasteiger partial charge in [0.05, 0.1) is 0 Å². The Morgan fingerprint density at radius 3 is 1.37 bits per heavy atom. The quantitative estimate of drug-likeness (QED) is 0.149. The van der Waals surface area contributed by atoms with E-state index < -0.39 is 0 Å². The summed E-state index contributed by atoms with van der Waals surface area (Å²) in [5, 5.41) is 0. The molecule has 0 radical (unpaired) electrons. The summed E-state index contributed by atoms with van der Waals surface area (Å²) in [5.41, 5.74) is 2.99. The van der Waals surface area contributed by atoms with Crippen molar-refractivity contribution in [3.8, 4) is 0 Å². The standard InChI is InChI=1S/C28H42S.Ba.2H/c1-3-5-7-9-11-13-17-25-19-15-21-27(23-25)29-28-22-16-20-26(24-28)18-14-12-10-8-6-4-2;;;/h15-16,19-24H,3-14,17-18H2,1-2H3;;;. The molecule has 0 spiro atoms. The third kappa shape index (κ3) is 13.0. The van der Waals surface area contributed by atoms with E-state index in [0.29, 0.717) is 0 Å². The molecule has 164 valence electrons. The van der Waals surface area contributed by atoms with Crippen molar-refractivity contribution in [3.05, 3.63) is 59.7 Å². The molecule has 0 bridgehead atoms. The van der Waals surface area contributed by atoms with E-state index in [1.54, 1.807) is 0 Å². The van der Waals surface area contributed by atoms with E-state index in [9.17, 15) is 0 Å². The predicted molar refractivity (Wildman–Crippen MR) is 140 cm³/mol. The van der Waals surface area contributed by atoms with Gasteiger partial charge in [-0.15, -0.1) is 0 Å². The second-order valence-electron chi connectivity index (χ2n) is 8.43. The van der Waals surface area contributed by atoms with E-state index in [1.807, 2.05) is 11.8 Å². The second kappa shape index (κ2) is 18.9. The molecule has 0 atom stereocenters. The Labute approximate surface area is 231 Å². The van der Waals surface area contributed by atoms with Crippen LogP contribution < -0.4 is 0 Å². The molecule has 0 nitrogen and oxygen atoms in total. The van der Waals surface area contributed by atoms with Crippen molar-refractivity contribution in [2.75, 3.05) is 0 Å². The molecule has 0 fully saturated rings. The van der Waals surface area contributed by atoms with Crippen LogP contribution in [0, 0.1) is 0 Å². The Morgan fingerprint density at radius 2 is 0.933 bits per heavy atom. The van der Waals surface area contributed by atoms with Gasteiger partial charge in [0.15, 0.2) is 0 Å². The second-order valence-corrected chi connectivity index (χ2v) is 9.58. The van der Waals surface area contributed by atoms with E-state index in [0.717, 1.165) is 0 Å². The molecule has 0 unspecified atom stereocenters. The van der Waals surface area contributed by atoms with Gasteiger partial charge in [-0.05, 0) is 61.1 Å². The molecule has 2 aromatic rings. The minimum absolute atomic E-state index is 0. The molecule has 2 heteroatoms. The van der Waals surface area contributed by atoms with Gasteiger partial charge in [-0.3, -0.25) is 0 Å². The molecule has 0 N–H and O–H groups in total. The van der Waals surface area contributed by atoms with Crippen LogP contribution in [0.4, 0.5) is 0 Å². The molecular formula is C28H44BaS. The first kappa shape index (κ1) is 28.4. The van der Waals surface area contributed by atoms with Crippen LogP contribution in [0.1, 0.15) is 102 Å². The molecule has 0 heterocycles. The van der Waals surface area contributed by atoms with Gasteiger partial charge in [-0.25, -0.2) is 0 Å². The fourth-order valence-corrected chi connectivity index (χ4v) is 4.87. The van der Waals surface area contributed by atoms with Crippen LogP contribution in [-0.2, 0) is 12.8 Å². The average Bonchev–Trinajstić information content (AvgIpc) is 2.74. The van der Waals surface area contributed by atoms with Crippen LogP contribution in [0.5, 0.6) is 0 Å². The fourth-order valence-electron chi connectivity index (χ4n) is 3.88. The molecule has 0 aromatic heterocycles. The molecule has 0 aliphatic rings. The van der Waals surface area contributed by atoms with Crippen LogP contribution in [-0.4, -0.2) is 48.9 Å². The number of hydrogen-bond acceptors (Lipinski definition) is 1. The molecule has 0 aliphatic carbocycles.